The number of piperazine rings is 1. The van der Waals surface area contributed by atoms with Crippen molar-refractivity contribution in [2.75, 3.05) is 44.2 Å². The minimum absolute atomic E-state index is 0.343. The van der Waals surface area contributed by atoms with Gasteiger partial charge in [-0.15, -0.1) is 0 Å². The summed E-state index contributed by atoms with van der Waals surface area (Å²) in [5.74, 6) is 0.734. The predicted molar refractivity (Wildman–Crippen MR) is 105 cm³/mol. The molecule has 6 nitrogen and oxygen atoms in total. The van der Waals surface area contributed by atoms with Crippen LogP contribution in [0.1, 0.15) is 6.42 Å². The number of hydrogen-bond acceptors (Lipinski definition) is 6. The summed E-state index contributed by atoms with van der Waals surface area (Å²) in [5.41, 5.74) is 1.42. The fourth-order valence-corrected chi connectivity index (χ4v) is 3.38. The first-order valence-corrected chi connectivity index (χ1v) is 9.32. The van der Waals surface area contributed by atoms with E-state index in [1.807, 2.05) is 30.6 Å². The number of benzene rings is 1. The van der Waals surface area contributed by atoms with E-state index in [1.165, 1.54) is 11.8 Å². The molecule has 0 bridgehead atoms. The van der Waals surface area contributed by atoms with Crippen LogP contribution in [0.25, 0.3) is 11.0 Å². The molecule has 1 saturated heterocycles. The highest BCUT2D eigenvalue weighted by molar-refractivity contribution is 5.77. The van der Waals surface area contributed by atoms with E-state index in [-0.39, 0.29) is 5.63 Å². The van der Waals surface area contributed by atoms with Crippen LogP contribution in [0.4, 0.5) is 5.69 Å². The van der Waals surface area contributed by atoms with E-state index in [2.05, 4.69) is 20.9 Å². The fourth-order valence-electron chi connectivity index (χ4n) is 3.38. The smallest absolute Gasteiger partial charge is 0.336 e. The summed E-state index contributed by atoms with van der Waals surface area (Å²) in [7, 11) is 0. The average Bonchev–Trinajstić information content (AvgIpc) is 2.72. The predicted octanol–water partition coefficient (Wildman–Crippen LogP) is 2.78. The Morgan fingerprint density at radius 2 is 1.93 bits per heavy atom. The highest BCUT2D eigenvalue weighted by atomic mass is 16.5. The Kier molecular flexibility index (Phi) is 5.34. The molecule has 1 aromatic carbocycles. The van der Waals surface area contributed by atoms with Gasteiger partial charge in [0.05, 0.1) is 18.5 Å². The Bertz CT molecular complexity index is 934. The molecule has 0 spiro atoms. The largest absolute Gasteiger partial charge is 0.493 e. The summed E-state index contributed by atoms with van der Waals surface area (Å²) in [5, 5.41) is 0.897. The molecule has 27 heavy (non-hydrogen) atoms. The summed E-state index contributed by atoms with van der Waals surface area (Å²) in [6.07, 6.45) is 4.70. The molecule has 6 heteroatoms. The zero-order valence-corrected chi connectivity index (χ0v) is 15.2. The number of rotatable bonds is 6. The first-order chi connectivity index (χ1) is 13.3. The number of nitrogens with zero attached hydrogens (tertiary/aromatic N) is 3. The van der Waals surface area contributed by atoms with Crippen molar-refractivity contribution in [3.8, 4) is 5.75 Å². The van der Waals surface area contributed by atoms with Gasteiger partial charge in [-0.1, -0.05) is 0 Å². The Labute approximate surface area is 158 Å². The third-order valence-corrected chi connectivity index (χ3v) is 4.87. The van der Waals surface area contributed by atoms with E-state index in [0.29, 0.717) is 12.2 Å². The highest BCUT2D eigenvalue weighted by Gasteiger charge is 2.16. The second kappa shape index (κ2) is 8.22. The standard InChI is InChI=1S/C21H23N3O3/c25-21-7-5-17-4-6-19(15-20(17)27-21)26-14-2-9-23-10-12-24(13-11-23)18-3-1-8-22-16-18/h1,3-8,15-16H,2,9-14H2. The van der Waals surface area contributed by atoms with Crippen LogP contribution in [-0.4, -0.2) is 49.2 Å². The van der Waals surface area contributed by atoms with E-state index in [0.717, 1.165) is 50.3 Å². The van der Waals surface area contributed by atoms with Gasteiger partial charge in [-0.05, 0) is 36.8 Å². The van der Waals surface area contributed by atoms with Gasteiger partial charge in [0.2, 0.25) is 0 Å². The topological polar surface area (TPSA) is 58.8 Å². The second-order valence-corrected chi connectivity index (χ2v) is 6.70. The lowest BCUT2D eigenvalue weighted by molar-refractivity contribution is 0.224. The van der Waals surface area contributed by atoms with E-state index < -0.39 is 0 Å². The van der Waals surface area contributed by atoms with Gasteiger partial charge in [-0.2, -0.15) is 0 Å². The van der Waals surface area contributed by atoms with Crippen LogP contribution in [0.3, 0.4) is 0 Å². The summed E-state index contributed by atoms with van der Waals surface area (Å²) >= 11 is 0. The van der Waals surface area contributed by atoms with E-state index in [4.69, 9.17) is 9.15 Å². The first-order valence-electron chi connectivity index (χ1n) is 9.32. The van der Waals surface area contributed by atoms with Crippen LogP contribution in [0.2, 0.25) is 0 Å². The van der Waals surface area contributed by atoms with E-state index >= 15 is 0 Å². The summed E-state index contributed by atoms with van der Waals surface area (Å²) in [4.78, 5) is 20.4. The Balaban J connectivity index is 1.21. The third-order valence-electron chi connectivity index (χ3n) is 4.87. The number of anilines is 1. The zero-order valence-electron chi connectivity index (χ0n) is 15.2. The summed E-state index contributed by atoms with van der Waals surface area (Å²) < 4.78 is 11.0. The van der Waals surface area contributed by atoms with Gasteiger partial charge in [0.15, 0.2) is 0 Å². The SMILES string of the molecule is O=c1ccc2ccc(OCCCN3CCN(c4cccnc4)CC3)cc2o1. The molecule has 0 atom stereocenters. The lowest BCUT2D eigenvalue weighted by Crippen LogP contribution is -2.46. The van der Waals surface area contributed by atoms with Crippen molar-refractivity contribution in [1.29, 1.82) is 0 Å². The maximum absolute atomic E-state index is 11.3. The molecule has 1 aliphatic heterocycles. The van der Waals surface area contributed by atoms with Gasteiger partial charge in [-0.3, -0.25) is 9.88 Å². The zero-order chi connectivity index (χ0) is 18.5. The molecule has 1 aliphatic rings. The molecule has 2 aromatic heterocycles. The minimum Gasteiger partial charge on any atom is -0.493 e. The van der Waals surface area contributed by atoms with Gasteiger partial charge in [0.1, 0.15) is 11.3 Å². The van der Waals surface area contributed by atoms with Crippen molar-refractivity contribution < 1.29 is 9.15 Å². The van der Waals surface area contributed by atoms with Crippen molar-refractivity contribution >= 4 is 16.7 Å². The van der Waals surface area contributed by atoms with E-state index in [1.54, 1.807) is 12.1 Å². The van der Waals surface area contributed by atoms with Crippen LogP contribution in [0, 0.1) is 0 Å². The molecule has 1 fully saturated rings. The number of aromatic nitrogens is 1. The van der Waals surface area contributed by atoms with E-state index in [9.17, 15) is 4.79 Å². The monoisotopic (exact) mass is 365 g/mol. The maximum Gasteiger partial charge on any atom is 0.336 e. The second-order valence-electron chi connectivity index (χ2n) is 6.70. The summed E-state index contributed by atoms with van der Waals surface area (Å²) in [6, 6.07) is 12.9. The molecular formula is C21H23N3O3. The van der Waals surface area contributed by atoms with Crippen LogP contribution >= 0.6 is 0 Å². The molecule has 0 unspecified atom stereocenters. The number of ether oxygens (including phenoxy) is 1. The van der Waals surface area contributed by atoms with Crippen molar-refractivity contribution in [3.63, 3.8) is 0 Å². The van der Waals surface area contributed by atoms with Gasteiger partial charge >= 0.3 is 5.63 Å². The third kappa shape index (κ3) is 4.46. The highest BCUT2D eigenvalue weighted by Crippen LogP contribution is 2.19. The minimum atomic E-state index is -0.343. The molecule has 0 saturated carbocycles. The molecule has 140 valence electrons. The van der Waals surface area contributed by atoms with Gasteiger partial charge in [-0.25, -0.2) is 4.79 Å². The van der Waals surface area contributed by atoms with Crippen molar-refractivity contribution in [3.05, 3.63) is 65.3 Å². The van der Waals surface area contributed by atoms with Crippen molar-refractivity contribution in [2.24, 2.45) is 0 Å². The van der Waals surface area contributed by atoms with Crippen molar-refractivity contribution in [1.82, 2.24) is 9.88 Å². The van der Waals surface area contributed by atoms with Crippen LogP contribution in [0.5, 0.6) is 5.75 Å². The average molecular weight is 365 g/mol. The molecule has 0 aliphatic carbocycles. The molecule has 0 N–H and O–H groups in total. The Morgan fingerprint density at radius 3 is 2.74 bits per heavy atom. The number of pyridine rings is 1. The maximum atomic E-state index is 11.3. The normalized spacial score (nSPS) is 15.2. The Hall–Kier alpha value is -2.86. The van der Waals surface area contributed by atoms with Gasteiger partial charge in [0.25, 0.3) is 0 Å². The first kappa shape index (κ1) is 17.5. The van der Waals surface area contributed by atoms with Crippen LogP contribution in [-0.2, 0) is 0 Å². The van der Waals surface area contributed by atoms with Gasteiger partial charge in [0, 0.05) is 56.4 Å². The molecule has 0 amide bonds. The van der Waals surface area contributed by atoms with Crippen LogP contribution in [0.15, 0.2) is 64.1 Å². The number of hydrogen-bond donors (Lipinski definition) is 0. The Morgan fingerprint density at radius 1 is 1.07 bits per heavy atom. The molecule has 3 aromatic rings. The molecule has 3 heterocycles. The molecule has 4 rings (SSSR count). The quantitative estimate of drug-likeness (QED) is 0.495. The van der Waals surface area contributed by atoms with Gasteiger partial charge < -0.3 is 14.1 Å². The van der Waals surface area contributed by atoms with Crippen LogP contribution < -0.4 is 15.3 Å². The summed E-state index contributed by atoms with van der Waals surface area (Å²) in [6.45, 7) is 5.81. The molecule has 0 radical (unpaired) electrons. The molecular weight excluding hydrogens is 342 g/mol. The lowest BCUT2D eigenvalue weighted by Gasteiger charge is -2.35. The lowest BCUT2D eigenvalue weighted by atomic mass is 10.2. The van der Waals surface area contributed by atoms with Crippen molar-refractivity contribution in [2.45, 2.75) is 6.42 Å². The number of fused-ring (bicyclic) bond motifs is 1. The fraction of sp³-hybridized carbons (Fsp3) is 0.333.